The van der Waals surface area contributed by atoms with Crippen LogP contribution in [0.4, 0.5) is 0 Å². The first kappa shape index (κ1) is 14.0. The van der Waals surface area contributed by atoms with E-state index in [0.717, 1.165) is 5.56 Å². The molecule has 0 aliphatic carbocycles. The van der Waals surface area contributed by atoms with Gasteiger partial charge >= 0.3 is 0 Å². The van der Waals surface area contributed by atoms with Gasteiger partial charge in [-0.2, -0.15) is 0 Å². The SMILES string of the molecule is Cc1cnccc1C(=O)N(C)CC(C)/C(N)=N/O. The van der Waals surface area contributed by atoms with Crippen LogP contribution in [0.1, 0.15) is 22.8 Å². The maximum atomic E-state index is 12.2. The molecule has 1 amide bonds. The van der Waals surface area contributed by atoms with E-state index in [9.17, 15) is 4.79 Å². The minimum absolute atomic E-state index is 0.104. The molecular formula is C12H18N4O2. The third kappa shape index (κ3) is 3.19. The number of amidine groups is 1. The monoisotopic (exact) mass is 250 g/mol. The summed E-state index contributed by atoms with van der Waals surface area (Å²) in [4.78, 5) is 17.7. The lowest BCUT2D eigenvalue weighted by atomic mass is 10.1. The molecule has 1 aromatic rings. The van der Waals surface area contributed by atoms with Crippen molar-refractivity contribution in [3.05, 3.63) is 29.6 Å². The van der Waals surface area contributed by atoms with Gasteiger partial charge in [0, 0.05) is 37.5 Å². The van der Waals surface area contributed by atoms with Crippen molar-refractivity contribution < 1.29 is 10.0 Å². The highest BCUT2D eigenvalue weighted by molar-refractivity contribution is 5.95. The van der Waals surface area contributed by atoms with Crippen LogP contribution in [0.5, 0.6) is 0 Å². The molecule has 1 aromatic heterocycles. The Morgan fingerprint density at radius 2 is 2.33 bits per heavy atom. The number of amides is 1. The van der Waals surface area contributed by atoms with E-state index in [-0.39, 0.29) is 17.7 Å². The zero-order chi connectivity index (χ0) is 13.7. The van der Waals surface area contributed by atoms with Crippen molar-refractivity contribution in [3.63, 3.8) is 0 Å². The van der Waals surface area contributed by atoms with Gasteiger partial charge in [-0.15, -0.1) is 0 Å². The highest BCUT2D eigenvalue weighted by atomic mass is 16.4. The number of aromatic nitrogens is 1. The van der Waals surface area contributed by atoms with Gasteiger partial charge in [0.15, 0.2) is 0 Å². The zero-order valence-electron chi connectivity index (χ0n) is 10.8. The number of pyridine rings is 1. The minimum atomic E-state index is -0.203. The summed E-state index contributed by atoms with van der Waals surface area (Å²) in [5.74, 6) is -0.195. The van der Waals surface area contributed by atoms with E-state index in [1.165, 1.54) is 0 Å². The van der Waals surface area contributed by atoms with Crippen molar-refractivity contribution >= 4 is 11.7 Å². The maximum Gasteiger partial charge on any atom is 0.253 e. The molecule has 3 N–H and O–H groups in total. The number of hydrogen-bond donors (Lipinski definition) is 2. The fraction of sp³-hybridized carbons (Fsp3) is 0.417. The summed E-state index contributed by atoms with van der Waals surface area (Å²) in [5.41, 5.74) is 6.92. The molecule has 0 aromatic carbocycles. The first-order valence-corrected chi connectivity index (χ1v) is 5.60. The number of carbonyl (C=O) groups is 1. The van der Waals surface area contributed by atoms with Crippen LogP contribution in [0.25, 0.3) is 0 Å². The van der Waals surface area contributed by atoms with Gasteiger partial charge < -0.3 is 15.8 Å². The fourth-order valence-electron chi connectivity index (χ4n) is 1.60. The first-order valence-electron chi connectivity index (χ1n) is 5.60. The van der Waals surface area contributed by atoms with Crippen LogP contribution in [-0.4, -0.2) is 40.4 Å². The fourth-order valence-corrected chi connectivity index (χ4v) is 1.60. The van der Waals surface area contributed by atoms with E-state index in [4.69, 9.17) is 10.9 Å². The molecule has 98 valence electrons. The van der Waals surface area contributed by atoms with Gasteiger partial charge in [0.05, 0.1) is 0 Å². The average Bonchev–Trinajstić information content (AvgIpc) is 2.37. The van der Waals surface area contributed by atoms with Gasteiger partial charge in [0.2, 0.25) is 0 Å². The number of oxime groups is 1. The normalized spacial score (nSPS) is 13.2. The summed E-state index contributed by atoms with van der Waals surface area (Å²) < 4.78 is 0. The van der Waals surface area contributed by atoms with E-state index in [1.54, 1.807) is 37.3 Å². The molecule has 6 heteroatoms. The summed E-state index contributed by atoms with van der Waals surface area (Å²) in [6, 6.07) is 1.68. The lowest BCUT2D eigenvalue weighted by molar-refractivity contribution is 0.0785. The van der Waals surface area contributed by atoms with Crippen molar-refractivity contribution in [2.45, 2.75) is 13.8 Å². The van der Waals surface area contributed by atoms with E-state index >= 15 is 0 Å². The first-order chi connectivity index (χ1) is 8.47. The minimum Gasteiger partial charge on any atom is -0.409 e. The Morgan fingerprint density at radius 1 is 1.67 bits per heavy atom. The van der Waals surface area contributed by atoms with Gasteiger partial charge in [0.25, 0.3) is 5.91 Å². The molecule has 0 radical (unpaired) electrons. The second-order valence-corrected chi connectivity index (χ2v) is 4.30. The number of aryl methyl sites for hydroxylation is 1. The van der Waals surface area contributed by atoms with Crippen molar-refractivity contribution in [2.75, 3.05) is 13.6 Å². The maximum absolute atomic E-state index is 12.2. The van der Waals surface area contributed by atoms with Crippen molar-refractivity contribution in [1.29, 1.82) is 0 Å². The van der Waals surface area contributed by atoms with Crippen molar-refractivity contribution in [3.8, 4) is 0 Å². The summed E-state index contributed by atoms with van der Waals surface area (Å²) in [6.45, 7) is 4.01. The van der Waals surface area contributed by atoms with Gasteiger partial charge in [-0.05, 0) is 18.6 Å². The molecule has 1 rings (SSSR count). The van der Waals surface area contributed by atoms with Crippen LogP contribution < -0.4 is 5.73 Å². The molecule has 0 spiro atoms. The zero-order valence-corrected chi connectivity index (χ0v) is 10.8. The van der Waals surface area contributed by atoms with Gasteiger partial charge in [0.1, 0.15) is 5.84 Å². The van der Waals surface area contributed by atoms with Crippen LogP contribution >= 0.6 is 0 Å². The molecule has 0 saturated carbocycles. The third-order valence-electron chi connectivity index (χ3n) is 2.77. The quantitative estimate of drug-likeness (QED) is 0.358. The van der Waals surface area contributed by atoms with Crippen LogP contribution in [-0.2, 0) is 0 Å². The van der Waals surface area contributed by atoms with E-state index in [1.807, 2.05) is 6.92 Å². The number of nitrogens with two attached hydrogens (primary N) is 1. The van der Waals surface area contributed by atoms with Crippen molar-refractivity contribution in [1.82, 2.24) is 9.88 Å². The predicted molar refractivity (Wildman–Crippen MR) is 68.5 cm³/mol. The number of rotatable bonds is 4. The van der Waals surface area contributed by atoms with E-state index in [2.05, 4.69) is 10.1 Å². The third-order valence-corrected chi connectivity index (χ3v) is 2.77. The number of nitrogens with zero attached hydrogens (tertiary/aromatic N) is 3. The molecule has 0 aliphatic rings. The lowest BCUT2D eigenvalue weighted by Gasteiger charge is -2.21. The molecule has 1 atom stereocenters. The summed E-state index contributed by atoms with van der Waals surface area (Å²) in [5, 5.41) is 11.5. The molecular weight excluding hydrogens is 232 g/mol. The number of carbonyl (C=O) groups excluding carboxylic acids is 1. The Hall–Kier alpha value is -2.11. The highest BCUT2D eigenvalue weighted by Gasteiger charge is 2.18. The van der Waals surface area contributed by atoms with Crippen molar-refractivity contribution in [2.24, 2.45) is 16.8 Å². The Kier molecular flexibility index (Phi) is 4.65. The molecule has 6 nitrogen and oxygen atoms in total. The van der Waals surface area contributed by atoms with Crippen LogP contribution in [0.15, 0.2) is 23.6 Å². The summed E-state index contributed by atoms with van der Waals surface area (Å²) in [6.07, 6.45) is 3.23. The molecule has 0 bridgehead atoms. The highest BCUT2D eigenvalue weighted by Crippen LogP contribution is 2.09. The molecule has 0 aliphatic heterocycles. The molecule has 18 heavy (non-hydrogen) atoms. The smallest absolute Gasteiger partial charge is 0.253 e. The van der Waals surface area contributed by atoms with Gasteiger partial charge in [-0.1, -0.05) is 12.1 Å². The Morgan fingerprint density at radius 3 is 2.89 bits per heavy atom. The van der Waals surface area contributed by atoms with E-state index in [0.29, 0.717) is 12.1 Å². The standard InChI is InChI=1S/C12H18N4O2/c1-8-6-14-5-4-10(8)12(17)16(3)7-9(2)11(13)15-18/h4-6,9,18H,7H2,1-3H3,(H2,13,15). The van der Waals surface area contributed by atoms with Crippen LogP contribution in [0.3, 0.4) is 0 Å². The molecule has 1 heterocycles. The van der Waals surface area contributed by atoms with E-state index < -0.39 is 0 Å². The lowest BCUT2D eigenvalue weighted by Crippen LogP contribution is -2.36. The molecule has 0 saturated heterocycles. The Bertz CT molecular complexity index is 459. The topological polar surface area (TPSA) is 91.8 Å². The Labute approximate surface area is 106 Å². The molecule has 1 unspecified atom stereocenters. The largest absolute Gasteiger partial charge is 0.409 e. The van der Waals surface area contributed by atoms with Crippen LogP contribution in [0, 0.1) is 12.8 Å². The Balaban J connectivity index is 2.77. The predicted octanol–water partition coefficient (Wildman–Crippen LogP) is 0.845. The average molecular weight is 250 g/mol. The second-order valence-electron chi connectivity index (χ2n) is 4.30. The van der Waals surface area contributed by atoms with Gasteiger partial charge in [-0.3, -0.25) is 9.78 Å². The molecule has 0 fully saturated rings. The van der Waals surface area contributed by atoms with Gasteiger partial charge in [-0.25, -0.2) is 0 Å². The number of hydrogen-bond acceptors (Lipinski definition) is 4. The van der Waals surface area contributed by atoms with Crippen LogP contribution in [0.2, 0.25) is 0 Å². The summed E-state index contributed by atoms with van der Waals surface area (Å²) in [7, 11) is 1.68. The summed E-state index contributed by atoms with van der Waals surface area (Å²) >= 11 is 0. The second kappa shape index (κ2) is 6.00.